The van der Waals surface area contributed by atoms with Gasteiger partial charge in [-0.05, 0) is 49.4 Å². The monoisotopic (exact) mass is 722 g/mol. The van der Waals surface area contributed by atoms with Crippen molar-refractivity contribution in [1.82, 2.24) is 0 Å². The second-order valence-electron chi connectivity index (χ2n) is 12.3. The van der Waals surface area contributed by atoms with Crippen LogP contribution in [0.3, 0.4) is 0 Å². The summed E-state index contributed by atoms with van der Waals surface area (Å²) in [7, 11) is -8.85. The molecule has 264 valence electrons. The van der Waals surface area contributed by atoms with Crippen LogP contribution in [0.4, 0.5) is 0 Å². The number of rotatable bonds is 24. The molecule has 0 atom stereocenters. The van der Waals surface area contributed by atoms with E-state index in [1.807, 2.05) is 0 Å². The van der Waals surface area contributed by atoms with E-state index in [4.69, 9.17) is 0 Å². The third kappa shape index (κ3) is 21.1. The van der Waals surface area contributed by atoms with Gasteiger partial charge in [0, 0.05) is 5.56 Å². The fourth-order valence-corrected chi connectivity index (χ4v) is 7.17. The van der Waals surface area contributed by atoms with Gasteiger partial charge in [-0.3, -0.25) is 4.55 Å². The van der Waals surface area contributed by atoms with Crippen molar-refractivity contribution in [3.05, 3.63) is 47.5 Å². The number of phenols is 1. The summed E-state index contributed by atoms with van der Waals surface area (Å²) in [6.07, 6.45) is 24.5. The Bertz CT molecular complexity index is 1210. The van der Waals surface area contributed by atoms with Gasteiger partial charge in [0.25, 0.3) is 10.1 Å². The number of aromatic hydroxyl groups is 1. The fourth-order valence-electron chi connectivity index (χ4n) is 5.65. The molecule has 0 saturated carbocycles. The molecule has 0 unspecified atom stereocenters. The first kappa shape index (κ1) is 46.1. The van der Waals surface area contributed by atoms with E-state index in [0.717, 1.165) is 38.5 Å². The molecular weight excluding hydrogens is 665 g/mol. The summed E-state index contributed by atoms with van der Waals surface area (Å²) in [6, 6.07) is 8.10. The van der Waals surface area contributed by atoms with E-state index >= 15 is 0 Å². The molecule has 0 saturated heterocycles. The summed E-state index contributed by atoms with van der Waals surface area (Å²) in [5.74, 6) is -0.408. The van der Waals surface area contributed by atoms with Crippen molar-refractivity contribution in [2.24, 2.45) is 0 Å². The molecule has 0 aliphatic carbocycles. The molecule has 2 N–H and O–H groups in total. The average molecular weight is 723 g/mol. The van der Waals surface area contributed by atoms with E-state index in [2.05, 4.69) is 13.8 Å². The molecular formula is C36H58CaO8S2. The largest absolute Gasteiger partial charge is 2.00 e. The summed E-state index contributed by atoms with van der Waals surface area (Å²) in [5, 5.41) is 21.6. The van der Waals surface area contributed by atoms with Crippen LogP contribution in [0.15, 0.2) is 46.2 Å². The van der Waals surface area contributed by atoms with Gasteiger partial charge in [-0.1, -0.05) is 148 Å². The van der Waals surface area contributed by atoms with Gasteiger partial charge in [0.05, 0.1) is 4.90 Å². The van der Waals surface area contributed by atoms with Gasteiger partial charge in [0.2, 0.25) is 0 Å². The van der Waals surface area contributed by atoms with Crippen molar-refractivity contribution >= 4 is 58.0 Å². The molecule has 0 fully saturated rings. The van der Waals surface area contributed by atoms with Crippen LogP contribution in [0.25, 0.3) is 0 Å². The molecule has 2 aromatic carbocycles. The number of benzene rings is 2. The molecule has 0 aromatic heterocycles. The number of phenolic OH excluding ortho intramolecular Hbond substituents is 1. The maximum absolute atomic E-state index is 11.8. The Morgan fingerprint density at radius 3 is 1.32 bits per heavy atom. The van der Waals surface area contributed by atoms with Gasteiger partial charge in [-0.15, -0.1) is 5.75 Å². The summed E-state index contributed by atoms with van der Waals surface area (Å²) in [4.78, 5) is -0.519. The van der Waals surface area contributed by atoms with E-state index < -0.39 is 20.2 Å². The minimum atomic E-state index is -4.57. The maximum atomic E-state index is 11.8. The van der Waals surface area contributed by atoms with Crippen LogP contribution in [0.2, 0.25) is 0 Å². The zero-order chi connectivity index (χ0) is 34.3. The van der Waals surface area contributed by atoms with Crippen molar-refractivity contribution < 1.29 is 36.2 Å². The second-order valence-corrected chi connectivity index (χ2v) is 15.0. The van der Waals surface area contributed by atoms with Crippen molar-refractivity contribution in [2.75, 3.05) is 0 Å². The third-order valence-corrected chi connectivity index (χ3v) is 10.2. The predicted molar refractivity (Wildman–Crippen MR) is 189 cm³/mol. The van der Waals surface area contributed by atoms with Crippen LogP contribution < -0.4 is 5.11 Å². The predicted octanol–water partition coefficient (Wildman–Crippen LogP) is 8.85. The van der Waals surface area contributed by atoms with Crippen molar-refractivity contribution in [3.8, 4) is 11.5 Å². The van der Waals surface area contributed by atoms with Crippen LogP contribution in [0.1, 0.15) is 153 Å². The normalized spacial score (nSPS) is 11.5. The minimum absolute atomic E-state index is 0. The van der Waals surface area contributed by atoms with Crippen LogP contribution in [0.5, 0.6) is 11.5 Å². The Labute approximate surface area is 315 Å². The van der Waals surface area contributed by atoms with Crippen LogP contribution in [0, 0.1) is 0 Å². The van der Waals surface area contributed by atoms with Crippen LogP contribution >= 0.6 is 0 Å². The van der Waals surface area contributed by atoms with Crippen molar-refractivity contribution in [1.29, 1.82) is 0 Å². The first-order valence-corrected chi connectivity index (χ1v) is 20.3. The molecule has 47 heavy (non-hydrogen) atoms. The smallest absolute Gasteiger partial charge is 0.872 e. The average Bonchev–Trinajstić information content (AvgIpc) is 2.99. The van der Waals surface area contributed by atoms with E-state index in [1.54, 1.807) is 0 Å². The number of hydrogen-bond donors (Lipinski definition) is 2. The molecule has 0 amide bonds. The first-order valence-electron chi connectivity index (χ1n) is 17.5. The standard InChI is InChI=1S/2C18H30O4S.Ca/c2*1-2-3-4-5-6-7-8-9-10-11-13-16-17(19)14-12-15-18(16)23(20,21)22;/h2*12,14-15,19H,2-11,13H2,1H3,(H,20,21,22);/q;;+2/p-2. The van der Waals surface area contributed by atoms with E-state index in [0.29, 0.717) is 18.4 Å². The molecule has 0 heterocycles. The SMILES string of the molecule is CCCCCCCCCCCCc1c(O)cccc1S(=O)(=O)O.CCCCCCCCCCCCc1c([O-])cccc1S(=O)(=O)[O-].[Ca+2]. The Morgan fingerprint density at radius 2 is 0.915 bits per heavy atom. The molecule has 0 aliphatic heterocycles. The number of hydrogen-bond acceptors (Lipinski definition) is 7. The zero-order valence-electron chi connectivity index (χ0n) is 28.9. The quantitative estimate of drug-likeness (QED) is 0.0619. The van der Waals surface area contributed by atoms with Gasteiger partial charge in [0.1, 0.15) is 20.8 Å². The fraction of sp³-hybridized carbons (Fsp3) is 0.667. The Balaban J connectivity index is 0.000000882. The number of unbranched alkanes of at least 4 members (excludes halogenated alkanes) is 18. The molecule has 0 spiro atoms. The molecule has 0 aliphatic rings. The van der Waals surface area contributed by atoms with Gasteiger partial charge in [-0.2, -0.15) is 8.42 Å². The van der Waals surface area contributed by atoms with Crippen LogP contribution in [-0.4, -0.2) is 68.8 Å². The minimum Gasteiger partial charge on any atom is -0.872 e. The van der Waals surface area contributed by atoms with Gasteiger partial charge in [0.15, 0.2) is 0 Å². The zero-order valence-corrected chi connectivity index (χ0v) is 32.7. The van der Waals surface area contributed by atoms with Gasteiger partial charge >= 0.3 is 37.7 Å². The molecule has 0 bridgehead atoms. The summed E-state index contributed by atoms with van der Waals surface area (Å²) in [6.45, 7) is 4.43. The first-order chi connectivity index (χ1) is 21.9. The van der Waals surface area contributed by atoms with Crippen molar-refractivity contribution in [3.63, 3.8) is 0 Å². The molecule has 8 nitrogen and oxygen atoms in total. The second kappa shape index (κ2) is 26.9. The summed E-state index contributed by atoms with van der Waals surface area (Å²) < 4.78 is 65.5. The molecule has 0 radical (unpaired) electrons. The summed E-state index contributed by atoms with van der Waals surface area (Å²) in [5.41, 5.74) is 0.483. The Hall–Kier alpha value is -0.880. The van der Waals surface area contributed by atoms with Gasteiger partial charge in [-0.25, -0.2) is 8.42 Å². The third-order valence-electron chi connectivity index (χ3n) is 8.31. The Morgan fingerprint density at radius 1 is 0.553 bits per heavy atom. The maximum Gasteiger partial charge on any atom is 2.00 e. The van der Waals surface area contributed by atoms with E-state index in [9.17, 15) is 36.2 Å². The molecule has 11 heteroatoms. The molecule has 2 aromatic rings. The van der Waals surface area contributed by atoms with Crippen molar-refractivity contribution in [2.45, 2.75) is 165 Å². The topological polar surface area (TPSA) is 155 Å². The van der Waals surface area contributed by atoms with E-state index in [1.165, 1.54) is 126 Å². The van der Waals surface area contributed by atoms with Crippen LogP contribution in [-0.2, 0) is 33.1 Å². The van der Waals surface area contributed by atoms with Gasteiger partial charge < -0.3 is 14.8 Å². The Kier molecular flexibility index (Phi) is 26.4. The molecule has 2 rings (SSSR count). The summed E-state index contributed by atoms with van der Waals surface area (Å²) >= 11 is 0. The van der Waals surface area contributed by atoms with E-state index in [-0.39, 0.29) is 64.6 Å².